The third kappa shape index (κ3) is 5.53. The number of hydrogen-bond acceptors (Lipinski definition) is 6. The molecule has 0 saturated carbocycles. The Morgan fingerprint density at radius 3 is 2.27 bits per heavy atom. The van der Waals surface area contributed by atoms with E-state index in [0.717, 1.165) is 11.0 Å². The van der Waals surface area contributed by atoms with Gasteiger partial charge in [-0.1, -0.05) is 6.07 Å². The number of methoxy groups -OCH3 is 2. The fraction of sp³-hybridized carbons (Fsp3) is 0.174. The lowest BCUT2D eigenvalue weighted by Crippen LogP contribution is -2.31. The topological polar surface area (TPSA) is 104 Å². The predicted octanol–water partition coefficient (Wildman–Crippen LogP) is 3.09. The number of rotatable bonds is 9. The van der Waals surface area contributed by atoms with E-state index in [-0.39, 0.29) is 35.0 Å². The predicted molar refractivity (Wildman–Crippen MR) is 115 cm³/mol. The van der Waals surface area contributed by atoms with Crippen LogP contribution in [0.4, 0.5) is 14.5 Å². The normalized spacial score (nSPS) is 10.4. The smallest absolute Gasteiger partial charge is 0.259 e. The van der Waals surface area contributed by atoms with Gasteiger partial charge in [0.2, 0.25) is 5.75 Å². The van der Waals surface area contributed by atoms with Crippen LogP contribution in [0.15, 0.2) is 54.7 Å². The summed E-state index contributed by atoms with van der Waals surface area (Å²) in [5, 5.41) is 0. The Balaban J connectivity index is 2.07. The minimum Gasteiger partial charge on any atom is -0.493 e. The third-order valence-electron chi connectivity index (χ3n) is 4.56. The van der Waals surface area contributed by atoms with Crippen LogP contribution >= 0.6 is 0 Å². The highest BCUT2D eigenvalue weighted by Crippen LogP contribution is 2.39. The van der Waals surface area contributed by atoms with Crippen molar-refractivity contribution in [2.45, 2.75) is 6.54 Å². The van der Waals surface area contributed by atoms with Gasteiger partial charge in [0.15, 0.2) is 18.1 Å². The number of carbonyl (C=O) groups excluding carboxylic acids is 2. The van der Waals surface area contributed by atoms with E-state index in [1.54, 1.807) is 18.2 Å². The van der Waals surface area contributed by atoms with Gasteiger partial charge < -0.3 is 19.9 Å². The van der Waals surface area contributed by atoms with Crippen molar-refractivity contribution >= 4 is 17.5 Å². The number of anilines is 1. The molecule has 10 heteroatoms. The minimum atomic E-state index is -0.917. The fourth-order valence-corrected chi connectivity index (χ4v) is 3.06. The number of halogens is 2. The molecule has 2 amide bonds. The molecule has 0 spiro atoms. The zero-order valence-corrected chi connectivity index (χ0v) is 17.9. The van der Waals surface area contributed by atoms with Gasteiger partial charge in [0.1, 0.15) is 11.6 Å². The van der Waals surface area contributed by atoms with Gasteiger partial charge in [0.05, 0.1) is 32.1 Å². The number of ether oxygens (including phenoxy) is 3. The standard InChI is InChI=1S/C23H21F2N3O5/c1-31-19-9-14(10-20(32-2)22(19)33-13-21(26)29)23(30)28(12-16-5-3-4-8-27-16)18-7-6-15(24)11-17(18)25/h3-11H,12-13H2,1-2H3,(H2,26,29). The Morgan fingerprint density at radius 2 is 1.73 bits per heavy atom. The number of benzene rings is 2. The molecule has 0 fully saturated rings. The van der Waals surface area contributed by atoms with Crippen LogP contribution in [0.5, 0.6) is 17.2 Å². The monoisotopic (exact) mass is 457 g/mol. The van der Waals surface area contributed by atoms with Crippen molar-refractivity contribution in [3.05, 3.63) is 77.6 Å². The van der Waals surface area contributed by atoms with Crippen LogP contribution in [0, 0.1) is 11.6 Å². The Bertz CT molecular complexity index is 1130. The number of pyridine rings is 1. The number of carbonyl (C=O) groups is 2. The first-order valence-electron chi connectivity index (χ1n) is 9.68. The quantitative estimate of drug-likeness (QED) is 0.530. The van der Waals surface area contributed by atoms with E-state index in [9.17, 15) is 18.4 Å². The first kappa shape index (κ1) is 23.5. The molecule has 1 heterocycles. The Labute approximate surface area is 188 Å². The van der Waals surface area contributed by atoms with Crippen LogP contribution in [0.2, 0.25) is 0 Å². The molecule has 172 valence electrons. The lowest BCUT2D eigenvalue weighted by Gasteiger charge is -2.24. The molecule has 3 aromatic rings. The summed E-state index contributed by atoms with van der Waals surface area (Å²) < 4.78 is 44.1. The molecule has 0 aliphatic heterocycles. The number of aromatic nitrogens is 1. The molecule has 0 aliphatic rings. The Hall–Kier alpha value is -4.21. The van der Waals surface area contributed by atoms with Gasteiger partial charge in [-0.3, -0.25) is 19.5 Å². The van der Waals surface area contributed by atoms with Crippen molar-refractivity contribution < 1.29 is 32.6 Å². The van der Waals surface area contributed by atoms with Crippen LogP contribution in [-0.2, 0) is 11.3 Å². The second-order valence-corrected chi connectivity index (χ2v) is 6.77. The van der Waals surface area contributed by atoms with Crippen LogP contribution in [0.3, 0.4) is 0 Å². The van der Waals surface area contributed by atoms with Gasteiger partial charge >= 0.3 is 0 Å². The highest BCUT2D eigenvalue weighted by atomic mass is 19.1. The molecule has 0 atom stereocenters. The molecule has 0 bridgehead atoms. The van der Waals surface area contributed by atoms with Crippen molar-refractivity contribution in [2.75, 3.05) is 25.7 Å². The molecule has 2 N–H and O–H groups in total. The van der Waals surface area contributed by atoms with E-state index in [2.05, 4.69) is 4.98 Å². The molecule has 8 nitrogen and oxygen atoms in total. The van der Waals surface area contributed by atoms with Crippen molar-refractivity contribution in [2.24, 2.45) is 5.73 Å². The van der Waals surface area contributed by atoms with Gasteiger partial charge in [0.25, 0.3) is 11.8 Å². The molecule has 0 radical (unpaired) electrons. The Kier molecular flexibility index (Phi) is 7.39. The molecule has 1 aromatic heterocycles. The average Bonchev–Trinajstić information content (AvgIpc) is 2.81. The largest absolute Gasteiger partial charge is 0.493 e. The summed E-state index contributed by atoms with van der Waals surface area (Å²) in [4.78, 5) is 29.9. The van der Waals surface area contributed by atoms with E-state index < -0.39 is 30.1 Å². The van der Waals surface area contributed by atoms with E-state index in [1.807, 2.05) is 0 Å². The van der Waals surface area contributed by atoms with Gasteiger partial charge in [-0.25, -0.2) is 8.78 Å². The molecule has 0 aliphatic carbocycles. The average molecular weight is 457 g/mol. The van der Waals surface area contributed by atoms with Crippen LogP contribution in [0.25, 0.3) is 0 Å². The van der Waals surface area contributed by atoms with Gasteiger partial charge in [-0.2, -0.15) is 0 Å². The molecule has 0 saturated heterocycles. The summed E-state index contributed by atoms with van der Waals surface area (Å²) in [6, 6.07) is 10.7. The van der Waals surface area contributed by atoms with Gasteiger partial charge in [-0.15, -0.1) is 0 Å². The molecule has 33 heavy (non-hydrogen) atoms. The summed E-state index contributed by atoms with van der Waals surface area (Å²) in [6.07, 6.45) is 1.54. The summed E-state index contributed by atoms with van der Waals surface area (Å²) in [6.45, 7) is -0.528. The zero-order chi connectivity index (χ0) is 24.0. The number of nitrogens with zero attached hydrogens (tertiary/aromatic N) is 2. The zero-order valence-electron chi connectivity index (χ0n) is 17.9. The number of primary amides is 1. The maximum atomic E-state index is 14.6. The molecule has 3 rings (SSSR count). The molecule has 2 aromatic carbocycles. The van der Waals surface area contributed by atoms with Crippen LogP contribution in [0.1, 0.15) is 16.1 Å². The number of amides is 2. The lowest BCUT2D eigenvalue weighted by molar-refractivity contribution is -0.120. The first-order valence-corrected chi connectivity index (χ1v) is 9.68. The SMILES string of the molecule is COc1cc(C(=O)N(Cc2ccccn2)c2ccc(F)cc2F)cc(OC)c1OCC(N)=O. The first-order chi connectivity index (χ1) is 15.8. The van der Waals surface area contributed by atoms with E-state index in [1.165, 1.54) is 38.6 Å². The fourth-order valence-electron chi connectivity index (χ4n) is 3.06. The van der Waals surface area contributed by atoms with E-state index >= 15 is 0 Å². The third-order valence-corrected chi connectivity index (χ3v) is 4.56. The van der Waals surface area contributed by atoms with E-state index in [0.29, 0.717) is 11.8 Å². The van der Waals surface area contributed by atoms with Crippen LogP contribution in [-0.4, -0.2) is 37.6 Å². The number of nitrogens with two attached hydrogens (primary N) is 1. The molecule has 0 unspecified atom stereocenters. The second kappa shape index (κ2) is 10.4. The van der Waals surface area contributed by atoms with Crippen molar-refractivity contribution in [3.63, 3.8) is 0 Å². The summed E-state index contributed by atoms with van der Waals surface area (Å²) >= 11 is 0. The van der Waals surface area contributed by atoms with Gasteiger partial charge in [-0.05, 0) is 36.4 Å². The summed E-state index contributed by atoms with van der Waals surface area (Å²) in [7, 11) is 2.68. The second-order valence-electron chi connectivity index (χ2n) is 6.77. The van der Waals surface area contributed by atoms with Crippen LogP contribution < -0.4 is 24.8 Å². The Morgan fingerprint density at radius 1 is 1.03 bits per heavy atom. The highest BCUT2D eigenvalue weighted by molar-refractivity contribution is 6.06. The highest BCUT2D eigenvalue weighted by Gasteiger charge is 2.25. The maximum Gasteiger partial charge on any atom is 0.259 e. The van der Waals surface area contributed by atoms with E-state index in [4.69, 9.17) is 19.9 Å². The maximum absolute atomic E-state index is 14.6. The lowest BCUT2D eigenvalue weighted by atomic mass is 10.1. The van der Waals surface area contributed by atoms with Crippen molar-refractivity contribution in [3.8, 4) is 17.2 Å². The molecular formula is C23H21F2N3O5. The summed E-state index contributed by atoms with van der Waals surface area (Å²) in [5.74, 6) is -2.79. The van der Waals surface area contributed by atoms with Crippen molar-refractivity contribution in [1.29, 1.82) is 0 Å². The summed E-state index contributed by atoms with van der Waals surface area (Å²) in [5.41, 5.74) is 5.54. The minimum absolute atomic E-state index is 0.0646. The number of hydrogen-bond donors (Lipinski definition) is 1. The van der Waals surface area contributed by atoms with Crippen molar-refractivity contribution in [1.82, 2.24) is 4.98 Å². The van der Waals surface area contributed by atoms with Gasteiger partial charge in [0, 0.05) is 17.8 Å². The molecular weight excluding hydrogens is 436 g/mol.